The van der Waals surface area contributed by atoms with Gasteiger partial charge in [0.05, 0.1) is 6.61 Å². The van der Waals surface area contributed by atoms with E-state index in [1.807, 2.05) is 44.3 Å². The van der Waals surface area contributed by atoms with Gasteiger partial charge in [0, 0.05) is 48.2 Å². The number of ketones is 1. The number of nitrogens with zero attached hydrogens (tertiary/aromatic N) is 1. The quantitative estimate of drug-likeness (QED) is 0.184. The molecule has 0 fully saturated rings. The van der Waals surface area contributed by atoms with Gasteiger partial charge < -0.3 is 14.6 Å². The van der Waals surface area contributed by atoms with Gasteiger partial charge in [0.25, 0.3) is 0 Å². The first-order valence-electron chi connectivity index (χ1n) is 12.8. The van der Waals surface area contributed by atoms with E-state index < -0.39 is 0 Å². The molecule has 5 nitrogen and oxygen atoms in total. The van der Waals surface area contributed by atoms with Crippen molar-refractivity contribution in [3.8, 4) is 0 Å². The second kappa shape index (κ2) is 14.3. The highest BCUT2D eigenvalue weighted by Crippen LogP contribution is 2.23. The van der Waals surface area contributed by atoms with Gasteiger partial charge in [0.15, 0.2) is 5.78 Å². The summed E-state index contributed by atoms with van der Waals surface area (Å²) in [5.74, 6) is -0.137. The number of esters is 1. The van der Waals surface area contributed by atoms with Crippen molar-refractivity contribution in [3.05, 3.63) is 76.1 Å². The molecule has 0 spiro atoms. The summed E-state index contributed by atoms with van der Waals surface area (Å²) in [7, 11) is 2.00. The van der Waals surface area contributed by atoms with Crippen molar-refractivity contribution in [1.29, 1.82) is 0 Å². The zero-order valence-corrected chi connectivity index (χ0v) is 22.4. The molecule has 0 unspecified atom stereocenters. The smallest absolute Gasteiger partial charge is 0.305 e. The van der Waals surface area contributed by atoms with Crippen molar-refractivity contribution in [2.24, 2.45) is 7.05 Å². The Hall–Kier alpha value is -3.08. The topological polar surface area (TPSA) is 60.3 Å². The lowest BCUT2D eigenvalue weighted by atomic mass is 10.0. The number of carbonyl (C=O) groups excluding carboxylic acids is 2. The number of hydrogen-bond donors (Lipinski definition) is 1. The number of allylic oxidation sites excluding steroid dienone is 3. The fourth-order valence-electron chi connectivity index (χ4n) is 4.17. The zero-order chi connectivity index (χ0) is 25.8. The molecule has 190 valence electrons. The predicted octanol–water partition coefficient (Wildman–Crippen LogP) is 6.81. The van der Waals surface area contributed by atoms with E-state index in [4.69, 9.17) is 4.74 Å². The van der Waals surface area contributed by atoms with Crippen LogP contribution in [0.15, 0.2) is 53.6 Å². The van der Waals surface area contributed by atoms with Gasteiger partial charge in [-0.15, -0.1) is 0 Å². The van der Waals surface area contributed by atoms with Crippen molar-refractivity contribution < 1.29 is 14.3 Å². The minimum atomic E-state index is -0.170. The number of benzene rings is 1. The van der Waals surface area contributed by atoms with Crippen LogP contribution in [0.5, 0.6) is 0 Å². The predicted molar refractivity (Wildman–Crippen MR) is 145 cm³/mol. The second-order valence-corrected chi connectivity index (χ2v) is 9.23. The monoisotopic (exact) mass is 478 g/mol. The summed E-state index contributed by atoms with van der Waals surface area (Å²) in [6.07, 6.45) is 9.19. The van der Waals surface area contributed by atoms with Gasteiger partial charge in [-0.2, -0.15) is 0 Å². The van der Waals surface area contributed by atoms with E-state index >= 15 is 0 Å². The minimum absolute atomic E-state index is 0.0335. The molecule has 1 aromatic heterocycles. The number of hydrogen-bond acceptors (Lipinski definition) is 4. The normalized spacial score (nSPS) is 11.3. The van der Waals surface area contributed by atoms with Crippen molar-refractivity contribution in [1.82, 2.24) is 4.57 Å². The van der Waals surface area contributed by atoms with Crippen molar-refractivity contribution in [2.45, 2.75) is 73.1 Å². The first-order valence-corrected chi connectivity index (χ1v) is 12.8. The van der Waals surface area contributed by atoms with Crippen molar-refractivity contribution in [2.75, 3.05) is 18.5 Å². The van der Waals surface area contributed by atoms with E-state index in [-0.39, 0.29) is 11.8 Å². The van der Waals surface area contributed by atoms with E-state index in [1.165, 1.54) is 11.1 Å². The van der Waals surface area contributed by atoms with Gasteiger partial charge in [-0.3, -0.25) is 9.59 Å². The summed E-state index contributed by atoms with van der Waals surface area (Å²) >= 11 is 0. The fraction of sp³-hybridized carbons (Fsp3) is 0.467. The minimum Gasteiger partial charge on any atom is -0.466 e. The number of rotatable bonds is 14. The van der Waals surface area contributed by atoms with E-state index in [9.17, 15) is 9.59 Å². The molecule has 2 aromatic rings. The molecule has 0 aliphatic rings. The third kappa shape index (κ3) is 8.89. The summed E-state index contributed by atoms with van der Waals surface area (Å²) in [6, 6.07) is 9.72. The van der Waals surface area contributed by atoms with Gasteiger partial charge in [0.2, 0.25) is 0 Å². The SMILES string of the molecule is CCOC(=O)CCCc1cc(C(=O)c2cccc(NC/C=C(\C)CCC=C(C)C)c2)c(CC)n1C. The van der Waals surface area contributed by atoms with Crippen LogP contribution in [-0.4, -0.2) is 29.5 Å². The molecule has 0 aliphatic heterocycles. The number of anilines is 1. The molecule has 0 saturated heterocycles. The van der Waals surface area contributed by atoms with Gasteiger partial charge in [-0.05, 0) is 78.0 Å². The number of aromatic nitrogens is 1. The Morgan fingerprint density at radius 1 is 1.06 bits per heavy atom. The Bertz CT molecular complexity index is 1060. The number of ether oxygens (including phenoxy) is 1. The maximum absolute atomic E-state index is 13.4. The highest BCUT2D eigenvalue weighted by Gasteiger charge is 2.19. The summed E-state index contributed by atoms with van der Waals surface area (Å²) in [5, 5.41) is 3.42. The molecular weight excluding hydrogens is 436 g/mol. The molecule has 0 radical (unpaired) electrons. The molecule has 0 bridgehead atoms. The Morgan fingerprint density at radius 2 is 1.83 bits per heavy atom. The van der Waals surface area contributed by atoms with Crippen LogP contribution in [0.25, 0.3) is 0 Å². The largest absolute Gasteiger partial charge is 0.466 e. The Balaban J connectivity index is 2.07. The molecule has 1 heterocycles. The zero-order valence-electron chi connectivity index (χ0n) is 22.4. The number of aryl methyl sites for hydroxylation is 1. The third-order valence-electron chi connectivity index (χ3n) is 6.13. The van der Waals surface area contributed by atoms with Crippen LogP contribution in [0.2, 0.25) is 0 Å². The van der Waals surface area contributed by atoms with Crippen LogP contribution in [0.3, 0.4) is 0 Å². The van der Waals surface area contributed by atoms with Crippen LogP contribution in [0, 0.1) is 0 Å². The standard InChI is InChI=1S/C30H42N2O3/c1-7-28-27(21-26(32(28)6)16-11-17-29(33)35-8-2)30(34)24-14-10-15-25(20-24)31-19-18-23(5)13-9-12-22(3)4/h10,12,14-15,18,20-21,31H,7-9,11,13,16-17,19H2,1-6H3/b23-18+. The molecule has 0 saturated carbocycles. The van der Waals surface area contributed by atoms with Crippen LogP contribution in [-0.2, 0) is 29.4 Å². The fourth-order valence-corrected chi connectivity index (χ4v) is 4.17. The molecule has 1 N–H and O–H groups in total. The van der Waals surface area contributed by atoms with E-state index in [1.54, 1.807) is 0 Å². The van der Waals surface area contributed by atoms with Crippen LogP contribution in [0.1, 0.15) is 87.6 Å². The van der Waals surface area contributed by atoms with E-state index in [2.05, 4.69) is 49.7 Å². The van der Waals surface area contributed by atoms with Gasteiger partial charge in [-0.25, -0.2) is 0 Å². The molecule has 35 heavy (non-hydrogen) atoms. The van der Waals surface area contributed by atoms with Gasteiger partial charge >= 0.3 is 5.97 Å². The van der Waals surface area contributed by atoms with Crippen molar-refractivity contribution in [3.63, 3.8) is 0 Å². The first-order chi connectivity index (χ1) is 16.8. The number of carbonyl (C=O) groups is 2. The van der Waals surface area contributed by atoms with Crippen molar-refractivity contribution >= 4 is 17.4 Å². The molecular formula is C30H42N2O3. The summed E-state index contributed by atoms with van der Waals surface area (Å²) in [5.41, 5.74) is 7.16. The molecule has 2 rings (SSSR count). The van der Waals surface area contributed by atoms with E-state index in [0.29, 0.717) is 25.0 Å². The molecule has 0 amide bonds. The highest BCUT2D eigenvalue weighted by molar-refractivity contribution is 6.10. The molecule has 0 atom stereocenters. The van der Waals surface area contributed by atoms with Crippen LogP contribution >= 0.6 is 0 Å². The second-order valence-electron chi connectivity index (χ2n) is 9.23. The summed E-state index contributed by atoms with van der Waals surface area (Å²) in [6.45, 7) is 11.4. The maximum atomic E-state index is 13.4. The average Bonchev–Trinajstić information content (AvgIpc) is 3.14. The number of nitrogens with one attached hydrogen (secondary N) is 1. The average molecular weight is 479 g/mol. The summed E-state index contributed by atoms with van der Waals surface area (Å²) < 4.78 is 7.12. The Kier molecular flexibility index (Phi) is 11.5. The Morgan fingerprint density at radius 3 is 2.51 bits per heavy atom. The third-order valence-corrected chi connectivity index (χ3v) is 6.13. The molecule has 1 aromatic carbocycles. The van der Waals surface area contributed by atoms with Gasteiger partial charge in [-0.1, -0.05) is 42.4 Å². The van der Waals surface area contributed by atoms with Crippen LogP contribution in [0.4, 0.5) is 5.69 Å². The lowest BCUT2D eigenvalue weighted by Gasteiger charge is -2.09. The summed E-state index contributed by atoms with van der Waals surface area (Å²) in [4.78, 5) is 25.1. The lowest BCUT2D eigenvalue weighted by molar-refractivity contribution is -0.143. The maximum Gasteiger partial charge on any atom is 0.305 e. The molecule has 0 aliphatic carbocycles. The van der Waals surface area contributed by atoms with E-state index in [0.717, 1.165) is 54.9 Å². The Labute approximate surface area is 211 Å². The lowest BCUT2D eigenvalue weighted by Crippen LogP contribution is -2.07. The van der Waals surface area contributed by atoms with Gasteiger partial charge in [0.1, 0.15) is 0 Å². The highest BCUT2D eigenvalue weighted by atomic mass is 16.5. The first kappa shape index (κ1) is 28.2. The molecule has 5 heteroatoms. The van der Waals surface area contributed by atoms with Crippen LogP contribution < -0.4 is 5.32 Å².